The molecule has 3 N–H and O–H groups in total. The summed E-state index contributed by atoms with van der Waals surface area (Å²) in [6, 6.07) is 10.5. The van der Waals surface area contributed by atoms with Crippen molar-refractivity contribution in [1.29, 1.82) is 0 Å². The van der Waals surface area contributed by atoms with Gasteiger partial charge in [-0.3, -0.25) is 4.79 Å². The molecule has 0 radical (unpaired) electrons. The number of benzene rings is 2. The topological polar surface area (TPSA) is 78.7 Å². The normalized spacial score (nSPS) is 18.6. The Balaban J connectivity index is 1.61. The number of halogens is 2. The zero-order valence-electron chi connectivity index (χ0n) is 17.2. The van der Waals surface area contributed by atoms with Crippen LogP contribution in [0.4, 0.5) is 10.5 Å². The third-order valence-electron chi connectivity index (χ3n) is 6.06. The van der Waals surface area contributed by atoms with Gasteiger partial charge in [0.15, 0.2) is 0 Å². The third kappa shape index (κ3) is 5.14. The number of nitrogens with one attached hydrogen (secondary N) is 1. The number of nitrogens with two attached hydrogens (primary N) is 1. The number of nitrogens with zero attached hydrogens (tertiary/aromatic N) is 2. The van der Waals surface area contributed by atoms with Crippen molar-refractivity contribution in [3.8, 4) is 0 Å². The van der Waals surface area contributed by atoms with Crippen molar-refractivity contribution >= 4 is 40.8 Å². The van der Waals surface area contributed by atoms with Crippen LogP contribution in [0.15, 0.2) is 36.4 Å². The van der Waals surface area contributed by atoms with Gasteiger partial charge in [-0.1, -0.05) is 35.3 Å². The maximum atomic E-state index is 13.4. The average molecular weight is 461 g/mol. The van der Waals surface area contributed by atoms with Gasteiger partial charge in [0.25, 0.3) is 0 Å². The van der Waals surface area contributed by atoms with Crippen LogP contribution in [-0.4, -0.2) is 47.9 Å². The quantitative estimate of drug-likeness (QED) is 0.699. The maximum Gasteiger partial charge on any atom is 0.316 e. The lowest BCUT2D eigenvalue weighted by molar-refractivity contribution is -0.133. The Labute approximate surface area is 192 Å². The van der Waals surface area contributed by atoms with E-state index in [1.165, 1.54) is 18.4 Å². The predicted octanol–water partition coefficient (Wildman–Crippen LogP) is 4.25. The molecule has 0 bridgehead atoms. The molecule has 4 rings (SSSR count). The largest absolute Gasteiger partial charge is 0.351 e. The first-order valence-corrected chi connectivity index (χ1v) is 11.3. The van der Waals surface area contributed by atoms with Crippen LogP contribution in [-0.2, 0) is 17.6 Å². The molecule has 3 amide bonds. The van der Waals surface area contributed by atoms with Gasteiger partial charge in [-0.2, -0.15) is 0 Å². The van der Waals surface area contributed by atoms with E-state index in [2.05, 4.69) is 10.2 Å². The number of primary amides is 1. The van der Waals surface area contributed by atoms with Crippen molar-refractivity contribution in [2.45, 2.75) is 31.7 Å². The van der Waals surface area contributed by atoms with Gasteiger partial charge >= 0.3 is 6.03 Å². The summed E-state index contributed by atoms with van der Waals surface area (Å²) >= 11 is 12.2. The Morgan fingerprint density at radius 2 is 1.81 bits per heavy atom. The van der Waals surface area contributed by atoms with Crippen molar-refractivity contribution in [1.82, 2.24) is 9.80 Å². The van der Waals surface area contributed by atoms with E-state index in [0.29, 0.717) is 22.3 Å². The molecule has 2 aromatic carbocycles. The summed E-state index contributed by atoms with van der Waals surface area (Å²) in [6.07, 6.45) is 3.40. The van der Waals surface area contributed by atoms with Crippen LogP contribution in [0.1, 0.15) is 35.6 Å². The molecule has 0 aromatic heterocycles. The number of amides is 3. The number of hydrogen-bond acceptors (Lipinski definition) is 3. The smallest absolute Gasteiger partial charge is 0.316 e. The minimum Gasteiger partial charge on any atom is -0.351 e. The number of likely N-dealkylation sites (tertiary alicyclic amines) is 1. The lowest BCUT2D eigenvalue weighted by Gasteiger charge is -2.39. The number of anilines is 1. The standard InChI is InChI=1S/C23H26Cl2N4O2/c24-19-6-3-15(11-20(19)25)12-22(30)29-10-7-16-4-5-17(27-23(26)31)13-18(16)21(29)14-28-8-1-2-9-28/h3-6,11,13,21H,1-2,7-10,12,14H2,(H3,26,27,31). The van der Waals surface area contributed by atoms with E-state index >= 15 is 0 Å². The predicted molar refractivity (Wildman–Crippen MR) is 124 cm³/mol. The van der Waals surface area contributed by atoms with E-state index < -0.39 is 6.03 Å². The van der Waals surface area contributed by atoms with Crippen LogP contribution >= 0.6 is 23.2 Å². The first-order valence-electron chi connectivity index (χ1n) is 10.6. The van der Waals surface area contributed by atoms with E-state index in [1.807, 2.05) is 29.2 Å². The van der Waals surface area contributed by atoms with Gasteiger partial charge in [0.05, 0.1) is 22.5 Å². The van der Waals surface area contributed by atoms with Crippen LogP contribution in [0.2, 0.25) is 10.0 Å². The minimum atomic E-state index is -0.598. The molecule has 164 valence electrons. The van der Waals surface area contributed by atoms with Crippen molar-refractivity contribution in [2.75, 3.05) is 31.5 Å². The van der Waals surface area contributed by atoms with E-state index in [9.17, 15) is 9.59 Å². The molecule has 1 saturated heterocycles. The van der Waals surface area contributed by atoms with Crippen molar-refractivity contribution in [2.24, 2.45) is 5.73 Å². The minimum absolute atomic E-state index is 0.0569. The van der Waals surface area contributed by atoms with Crippen molar-refractivity contribution in [3.63, 3.8) is 0 Å². The molecule has 8 heteroatoms. The van der Waals surface area contributed by atoms with E-state index in [-0.39, 0.29) is 18.4 Å². The molecule has 31 heavy (non-hydrogen) atoms. The maximum absolute atomic E-state index is 13.4. The Kier molecular flexibility index (Phi) is 6.70. The summed E-state index contributed by atoms with van der Waals surface area (Å²) in [5.41, 5.74) is 9.08. The molecule has 6 nitrogen and oxygen atoms in total. The molecule has 0 spiro atoms. The van der Waals surface area contributed by atoms with Crippen molar-refractivity contribution in [3.05, 3.63) is 63.1 Å². The molecule has 1 unspecified atom stereocenters. The number of carbonyl (C=O) groups excluding carboxylic acids is 2. The van der Waals surface area contributed by atoms with Crippen LogP contribution in [0, 0.1) is 0 Å². The second-order valence-corrected chi connectivity index (χ2v) is 9.00. The average Bonchev–Trinajstić information content (AvgIpc) is 3.24. The van der Waals surface area contributed by atoms with Crippen LogP contribution in [0.5, 0.6) is 0 Å². The SMILES string of the molecule is NC(=O)Nc1ccc2c(c1)C(CN1CCCC1)N(C(=O)Cc1ccc(Cl)c(Cl)c1)CC2. The van der Waals surface area contributed by atoms with E-state index in [0.717, 1.165) is 37.2 Å². The number of urea groups is 1. The first-order chi connectivity index (χ1) is 14.9. The zero-order valence-corrected chi connectivity index (χ0v) is 18.8. The fourth-order valence-electron chi connectivity index (χ4n) is 4.55. The fraction of sp³-hybridized carbons (Fsp3) is 0.391. The Morgan fingerprint density at radius 1 is 1.03 bits per heavy atom. The van der Waals surface area contributed by atoms with Gasteiger partial charge in [0, 0.05) is 18.8 Å². The first kappa shape index (κ1) is 21.9. The highest BCUT2D eigenvalue weighted by atomic mass is 35.5. The highest BCUT2D eigenvalue weighted by molar-refractivity contribution is 6.42. The molecule has 2 aliphatic heterocycles. The summed E-state index contributed by atoms with van der Waals surface area (Å²) in [5.74, 6) is 0.0569. The highest BCUT2D eigenvalue weighted by Gasteiger charge is 2.33. The highest BCUT2D eigenvalue weighted by Crippen LogP contribution is 2.34. The lowest BCUT2D eigenvalue weighted by Crippen LogP contribution is -2.45. The van der Waals surface area contributed by atoms with Gasteiger partial charge in [-0.05, 0) is 73.3 Å². The monoisotopic (exact) mass is 460 g/mol. The van der Waals surface area contributed by atoms with E-state index in [1.54, 1.807) is 12.1 Å². The van der Waals surface area contributed by atoms with Gasteiger partial charge in [0.1, 0.15) is 0 Å². The molecule has 2 aliphatic rings. The zero-order chi connectivity index (χ0) is 22.0. The number of carbonyl (C=O) groups is 2. The van der Waals surface area contributed by atoms with Crippen LogP contribution in [0.3, 0.4) is 0 Å². The molecule has 1 fully saturated rings. The van der Waals surface area contributed by atoms with Gasteiger partial charge in [-0.15, -0.1) is 0 Å². The summed E-state index contributed by atoms with van der Waals surface area (Å²) in [4.78, 5) is 29.1. The second kappa shape index (κ2) is 9.47. The summed E-state index contributed by atoms with van der Waals surface area (Å²) in [5, 5.41) is 3.59. The summed E-state index contributed by atoms with van der Waals surface area (Å²) in [7, 11) is 0. The molecular formula is C23H26Cl2N4O2. The number of hydrogen-bond donors (Lipinski definition) is 2. The van der Waals surface area contributed by atoms with Gasteiger partial charge in [-0.25, -0.2) is 4.79 Å². The molecule has 2 aromatic rings. The Hall–Kier alpha value is -2.28. The third-order valence-corrected chi connectivity index (χ3v) is 6.80. The van der Waals surface area contributed by atoms with Crippen molar-refractivity contribution < 1.29 is 9.59 Å². The molecule has 1 atom stereocenters. The van der Waals surface area contributed by atoms with E-state index in [4.69, 9.17) is 28.9 Å². The Bertz CT molecular complexity index is 992. The Morgan fingerprint density at radius 3 is 2.52 bits per heavy atom. The number of fused-ring (bicyclic) bond motifs is 1. The van der Waals surface area contributed by atoms with Gasteiger partial charge < -0.3 is 20.9 Å². The van der Waals surface area contributed by atoms with Crippen LogP contribution in [0.25, 0.3) is 0 Å². The van der Waals surface area contributed by atoms with Gasteiger partial charge in [0.2, 0.25) is 5.91 Å². The molecule has 0 saturated carbocycles. The molecular weight excluding hydrogens is 435 g/mol. The second-order valence-electron chi connectivity index (χ2n) is 8.19. The van der Waals surface area contributed by atoms with Crippen LogP contribution < -0.4 is 11.1 Å². The lowest BCUT2D eigenvalue weighted by atomic mass is 9.91. The molecule has 0 aliphatic carbocycles. The number of rotatable bonds is 5. The summed E-state index contributed by atoms with van der Waals surface area (Å²) < 4.78 is 0. The fourth-order valence-corrected chi connectivity index (χ4v) is 4.87. The molecule has 2 heterocycles. The summed E-state index contributed by atoms with van der Waals surface area (Å²) in [6.45, 7) is 3.52.